The van der Waals surface area contributed by atoms with Gasteiger partial charge in [-0.1, -0.05) is 6.07 Å². The van der Waals surface area contributed by atoms with Crippen molar-refractivity contribution in [3.63, 3.8) is 0 Å². The molecular formula is C13H8F3NO4. The molecule has 0 aliphatic heterocycles. The highest BCUT2D eigenvalue weighted by atomic mass is 19.1. The molecule has 0 saturated heterocycles. The van der Waals surface area contributed by atoms with Gasteiger partial charge in [0.1, 0.15) is 11.6 Å². The zero-order valence-corrected chi connectivity index (χ0v) is 10.3. The van der Waals surface area contributed by atoms with Crippen LogP contribution in [0.5, 0.6) is 11.5 Å². The van der Waals surface area contributed by atoms with Gasteiger partial charge in [-0.3, -0.25) is 10.1 Å². The Morgan fingerprint density at radius 1 is 1.10 bits per heavy atom. The maximum Gasteiger partial charge on any atom is 0.307 e. The minimum Gasteiger partial charge on any atom is -0.454 e. The number of benzene rings is 2. The molecule has 1 N–H and O–H groups in total. The molecule has 110 valence electrons. The van der Waals surface area contributed by atoms with Gasteiger partial charge < -0.3 is 9.84 Å². The Hall–Kier alpha value is -2.61. The first-order valence-electron chi connectivity index (χ1n) is 5.63. The molecule has 2 aromatic carbocycles. The second kappa shape index (κ2) is 5.80. The van der Waals surface area contributed by atoms with Crippen molar-refractivity contribution in [2.24, 2.45) is 0 Å². The molecule has 2 aromatic rings. The second-order valence-corrected chi connectivity index (χ2v) is 3.97. The molecule has 0 spiro atoms. The summed E-state index contributed by atoms with van der Waals surface area (Å²) in [6.07, 6.45) is 0. The summed E-state index contributed by atoms with van der Waals surface area (Å²) in [5.74, 6) is -4.13. The van der Waals surface area contributed by atoms with Crippen LogP contribution in [0.2, 0.25) is 0 Å². The SMILES string of the molecule is O=[N+]([O-])c1cc(F)c(Oc2cccc(F)c2CO)cc1F. The molecule has 5 nitrogen and oxygen atoms in total. The number of nitro benzene ring substituents is 1. The third kappa shape index (κ3) is 2.95. The molecule has 0 aliphatic carbocycles. The fourth-order valence-electron chi connectivity index (χ4n) is 1.64. The van der Waals surface area contributed by atoms with Gasteiger partial charge >= 0.3 is 5.69 Å². The van der Waals surface area contributed by atoms with E-state index in [1.54, 1.807) is 0 Å². The molecule has 0 bridgehead atoms. The molecular weight excluding hydrogens is 291 g/mol. The van der Waals surface area contributed by atoms with E-state index in [2.05, 4.69) is 0 Å². The predicted molar refractivity (Wildman–Crippen MR) is 65.4 cm³/mol. The van der Waals surface area contributed by atoms with Gasteiger partial charge in [-0.05, 0) is 12.1 Å². The molecule has 2 rings (SSSR count). The molecule has 21 heavy (non-hydrogen) atoms. The van der Waals surface area contributed by atoms with Crippen molar-refractivity contribution in [2.75, 3.05) is 0 Å². The summed E-state index contributed by atoms with van der Waals surface area (Å²) in [4.78, 5) is 9.38. The molecule has 0 saturated carbocycles. The zero-order valence-electron chi connectivity index (χ0n) is 10.3. The van der Waals surface area contributed by atoms with Crippen LogP contribution in [0.15, 0.2) is 30.3 Å². The molecule has 0 amide bonds. The number of nitro groups is 1. The number of ether oxygens (including phenoxy) is 1. The van der Waals surface area contributed by atoms with Crippen molar-refractivity contribution in [2.45, 2.75) is 6.61 Å². The van der Waals surface area contributed by atoms with E-state index in [0.717, 1.165) is 6.07 Å². The van der Waals surface area contributed by atoms with E-state index in [0.29, 0.717) is 12.1 Å². The standard InChI is InChI=1S/C13H8F3NO4/c14-8-2-1-3-12(7(8)6-18)21-13-5-9(15)11(17(19)20)4-10(13)16/h1-5,18H,6H2. The number of halogens is 3. The average molecular weight is 299 g/mol. The normalized spacial score (nSPS) is 10.5. The number of nitrogens with zero attached hydrogens (tertiary/aromatic N) is 1. The first kappa shape index (κ1) is 14.8. The van der Waals surface area contributed by atoms with Crippen LogP contribution in [0.25, 0.3) is 0 Å². The van der Waals surface area contributed by atoms with E-state index < -0.39 is 40.4 Å². The van der Waals surface area contributed by atoms with Gasteiger partial charge in [0.25, 0.3) is 0 Å². The Kier molecular flexibility index (Phi) is 4.08. The molecule has 0 radical (unpaired) electrons. The fraction of sp³-hybridized carbons (Fsp3) is 0.0769. The molecule has 0 aliphatic rings. The van der Waals surface area contributed by atoms with Gasteiger partial charge in [-0.15, -0.1) is 0 Å². The van der Waals surface area contributed by atoms with Crippen LogP contribution >= 0.6 is 0 Å². The van der Waals surface area contributed by atoms with Gasteiger partial charge in [-0.25, -0.2) is 8.78 Å². The van der Waals surface area contributed by atoms with Gasteiger partial charge in [0.15, 0.2) is 11.6 Å². The molecule has 0 aromatic heterocycles. The lowest BCUT2D eigenvalue weighted by molar-refractivity contribution is -0.387. The van der Waals surface area contributed by atoms with Crippen LogP contribution in [-0.2, 0) is 6.61 Å². The lowest BCUT2D eigenvalue weighted by atomic mass is 10.2. The van der Waals surface area contributed by atoms with Crippen LogP contribution in [0, 0.1) is 27.6 Å². The topological polar surface area (TPSA) is 72.6 Å². The Balaban J connectivity index is 2.43. The number of hydrogen-bond acceptors (Lipinski definition) is 4. The molecule has 0 heterocycles. The highest BCUT2D eigenvalue weighted by molar-refractivity contribution is 5.43. The largest absolute Gasteiger partial charge is 0.454 e. The summed E-state index contributed by atoms with van der Waals surface area (Å²) < 4.78 is 45.5. The predicted octanol–water partition coefficient (Wildman–Crippen LogP) is 3.30. The van der Waals surface area contributed by atoms with Crippen LogP contribution in [0.4, 0.5) is 18.9 Å². The van der Waals surface area contributed by atoms with Crippen LogP contribution in [0.3, 0.4) is 0 Å². The van der Waals surface area contributed by atoms with Gasteiger partial charge in [-0.2, -0.15) is 4.39 Å². The summed E-state index contributed by atoms with van der Waals surface area (Å²) >= 11 is 0. The summed E-state index contributed by atoms with van der Waals surface area (Å²) in [5.41, 5.74) is -1.28. The van der Waals surface area contributed by atoms with Crippen molar-refractivity contribution in [3.05, 3.63) is 63.5 Å². The molecule has 0 fully saturated rings. The number of aliphatic hydroxyl groups excluding tert-OH is 1. The van der Waals surface area contributed by atoms with Gasteiger partial charge in [0.2, 0.25) is 5.82 Å². The summed E-state index contributed by atoms with van der Waals surface area (Å²) in [6.45, 7) is -0.709. The maximum absolute atomic E-state index is 13.7. The van der Waals surface area contributed by atoms with Gasteiger partial charge in [0, 0.05) is 6.07 Å². The van der Waals surface area contributed by atoms with Crippen LogP contribution in [-0.4, -0.2) is 10.0 Å². The minimum atomic E-state index is -1.29. The van der Waals surface area contributed by atoms with Crippen molar-refractivity contribution in [3.8, 4) is 11.5 Å². The highest BCUT2D eigenvalue weighted by Gasteiger charge is 2.20. The first-order valence-corrected chi connectivity index (χ1v) is 5.63. The van der Waals surface area contributed by atoms with E-state index in [1.165, 1.54) is 12.1 Å². The Morgan fingerprint density at radius 2 is 1.81 bits per heavy atom. The summed E-state index contributed by atoms with van der Waals surface area (Å²) in [7, 11) is 0. The Bertz CT molecular complexity index is 706. The van der Waals surface area contributed by atoms with E-state index >= 15 is 0 Å². The van der Waals surface area contributed by atoms with Crippen molar-refractivity contribution >= 4 is 5.69 Å². The lowest BCUT2D eigenvalue weighted by Gasteiger charge is -2.11. The van der Waals surface area contributed by atoms with Crippen molar-refractivity contribution in [1.82, 2.24) is 0 Å². The average Bonchev–Trinajstić information content (AvgIpc) is 2.42. The molecule has 0 atom stereocenters. The zero-order chi connectivity index (χ0) is 15.6. The second-order valence-electron chi connectivity index (χ2n) is 3.97. The van der Waals surface area contributed by atoms with Crippen molar-refractivity contribution < 1.29 is 27.9 Å². The maximum atomic E-state index is 13.7. The molecule has 0 unspecified atom stereocenters. The van der Waals surface area contributed by atoms with E-state index in [4.69, 9.17) is 9.84 Å². The lowest BCUT2D eigenvalue weighted by Crippen LogP contribution is -1.99. The van der Waals surface area contributed by atoms with Crippen LogP contribution in [0.1, 0.15) is 5.56 Å². The smallest absolute Gasteiger partial charge is 0.307 e. The summed E-state index contributed by atoms with van der Waals surface area (Å²) in [5, 5.41) is 19.5. The molecule has 8 heteroatoms. The monoisotopic (exact) mass is 299 g/mol. The van der Waals surface area contributed by atoms with Crippen LogP contribution < -0.4 is 4.74 Å². The Morgan fingerprint density at radius 3 is 2.43 bits per heavy atom. The summed E-state index contributed by atoms with van der Waals surface area (Å²) in [6, 6.07) is 4.41. The number of rotatable bonds is 4. The first-order chi connectivity index (χ1) is 9.93. The fourth-order valence-corrected chi connectivity index (χ4v) is 1.64. The third-order valence-corrected chi connectivity index (χ3v) is 2.65. The third-order valence-electron chi connectivity index (χ3n) is 2.65. The minimum absolute atomic E-state index is 0.218. The van der Waals surface area contributed by atoms with E-state index in [-0.39, 0.29) is 11.3 Å². The Labute approximate surface area is 116 Å². The highest BCUT2D eigenvalue weighted by Crippen LogP contribution is 2.32. The van der Waals surface area contributed by atoms with E-state index in [1.807, 2.05) is 0 Å². The van der Waals surface area contributed by atoms with E-state index in [9.17, 15) is 23.3 Å². The van der Waals surface area contributed by atoms with Gasteiger partial charge in [0.05, 0.1) is 23.2 Å². The number of hydrogen-bond donors (Lipinski definition) is 1. The quantitative estimate of drug-likeness (QED) is 0.694. The number of aliphatic hydroxyl groups is 1. The van der Waals surface area contributed by atoms with Crippen molar-refractivity contribution in [1.29, 1.82) is 0 Å².